The minimum atomic E-state index is -0.729. The van der Waals surface area contributed by atoms with Crippen molar-refractivity contribution >= 4 is 33.7 Å². The fourth-order valence-electron chi connectivity index (χ4n) is 1.30. The maximum atomic E-state index is 10.4. The van der Waals surface area contributed by atoms with Gasteiger partial charge in [-0.25, -0.2) is 0 Å². The van der Waals surface area contributed by atoms with Crippen LogP contribution in [0, 0.1) is 0 Å². The van der Waals surface area contributed by atoms with E-state index in [1.54, 1.807) is 11.8 Å². The van der Waals surface area contributed by atoms with Crippen LogP contribution in [0.2, 0.25) is 0 Å². The SMILES string of the molecule is CSc1ccc(Br)c(CCCC(=O)O)c1. The van der Waals surface area contributed by atoms with E-state index in [1.807, 2.05) is 12.3 Å². The quantitative estimate of drug-likeness (QED) is 0.842. The molecule has 0 aliphatic carbocycles. The third kappa shape index (κ3) is 4.26. The van der Waals surface area contributed by atoms with Crippen LogP contribution in [0.4, 0.5) is 0 Å². The molecule has 2 nitrogen and oxygen atoms in total. The van der Waals surface area contributed by atoms with Gasteiger partial charge in [-0.2, -0.15) is 0 Å². The average molecular weight is 289 g/mol. The number of thioether (sulfide) groups is 1. The molecule has 0 saturated heterocycles. The van der Waals surface area contributed by atoms with Crippen molar-refractivity contribution in [1.82, 2.24) is 0 Å². The Kier molecular flexibility index (Phi) is 5.19. The van der Waals surface area contributed by atoms with Gasteiger partial charge in [-0.15, -0.1) is 11.8 Å². The second-order valence-corrected chi connectivity index (χ2v) is 4.94. The molecule has 0 unspecified atom stereocenters. The van der Waals surface area contributed by atoms with Crippen LogP contribution >= 0.6 is 27.7 Å². The number of aliphatic carboxylic acids is 1. The van der Waals surface area contributed by atoms with Gasteiger partial charge in [0.2, 0.25) is 0 Å². The second-order valence-electron chi connectivity index (χ2n) is 3.20. The van der Waals surface area contributed by atoms with Gasteiger partial charge in [-0.05, 0) is 42.9 Å². The maximum absolute atomic E-state index is 10.4. The summed E-state index contributed by atoms with van der Waals surface area (Å²) in [6.45, 7) is 0. The summed E-state index contributed by atoms with van der Waals surface area (Å²) in [4.78, 5) is 11.6. The monoisotopic (exact) mass is 288 g/mol. The molecule has 0 saturated carbocycles. The molecule has 0 aliphatic heterocycles. The third-order valence-electron chi connectivity index (χ3n) is 2.09. The molecular formula is C11H13BrO2S. The van der Waals surface area contributed by atoms with Crippen molar-refractivity contribution in [3.63, 3.8) is 0 Å². The lowest BCUT2D eigenvalue weighted by atomic mass is 10.1. The van der Waals surface area contributed by atoms with E-state index in [4.69, 9.17) is 5.11 Å². The number of aryl methyl sites for hydroxylation is 1. The van der Waals surface area contributed by atoms with E-state index in [0.717, 1.165) is 10.9 Å². The smallest absolute Gasteiger partial charge is 0.303 e. The molecule has 0 fully saturated rings. The van der Waals surface area contributed by atoms with Gasteiger partial charge in [0.15, 0.2) is 0 Å². The summed E-state index contributed by atoms with van der Waals surface area (Å²) in [6.07, 6.45) is 3.76. The zero-order valence-electron chi connectivity index (χ0n) is 8.50. The van der Waals surface area contributed by atoms with E-state index < -0.39 is 5.97 Å². The number of hydrogen-bond acceptors (Lipinski definition) is 2. The largest absolute Gasteiger partial charge is 0.481 e. The van der Waals surface area contributed by atoms with Crippen LogP contribution in [0.1, 0.15) is 18.4 Å². The van der Waals surface area contributed by atoms with Crippen LogP contribution in [-0.4, -0.2) is 17.3 Å². The summed E-state index contributed by atoms with van der Waals surface area (Å²) >= 11 is 5.16. The first-order chi connectivity index (χ1) is 7.13. The topological polar surface area (TPSA) is 37.3 Å². The molecular weight excluding hydrogens is 276 g/mol. The predicted molar refractivity (Wildman–Crippen MR) is 66.5 cm³/mol. The number of halogens is 1. The van der Waals surface area contributed by atoms with Crippen molar-refractivity contribution in [2.75, 3.05) is 6.26 Å². The van der Waals surface area contributed by atoms with E-state index >= 15 is 0 Å². The van der Waals surface area contributed by atoms with Crippen LogP contribution in [0.5, 0.6) is 0 Å². The second kappa shape index (κ2) is 6.18. The molecule has 0 bridgehead atoms. The highest BCUT2D eigenvalue weighted by molar-refractivity contribution is 9.10. The first-order valence-corrected chi connectivity index (χ1v) is 6.69. The van der Waals surface area contributed by atoms with Gasteiger partial charge in [-0.3, -0.25) is 4.79 Å². The third-order valence-corrected chi connectivity index (χ3v) is 3.59. The number of carboxylic acids is 1. The number of carbonyl (C=O) groups is 1. The molecule has 4 heteroatoms. The fraction of sp³-hybridized carbons (Fsp3) is 0.364. The molecule has 0 heterocycles. The van der Waals surface area contributed by atoms with Gasteiger partial charge >= 0.3 is 5.97 Å². The molecule has 0 amide bonds. The molecule has 0 aliphatic rings. The van der Waals surface area contributed by atoms with Gasteiger partial charge in [0.25, 0.3) is 0 Å². The van der Waals surface area contributed by atoms with Gasteiger partial charge in [0, 0.05) is 15.8 Å². The fourth-order valence-corrected chi connectivity index (χ4v) is 2.21. The van der Waals surface area contributed by atoms with Crippen molar-refractivity contribution in [2.45, 2.75) is 24.2 Å². The molecule has 0 radical (unpaired) electrons. The van der Waals surface area contributed by atoms with Crippen molar-refractivity contribution in [2.24, 2.45) is 0 Å². The minimum Gasteiger partial charge on any atom is -0.481 e. The lowest BCUT2D eigenvalue weighted by Crippen LogP contribution is -1.96. The normalized spacial score (nSPS) is 10.3. The molecule has 0 spiro atoms. The highest BCUT2D eigenvalue weighted by atomic mass is 79.9. The van der Waals surface area contributed by atoms with Gasteiger partial charge in [0.05, 0.1) is 0 Å². The average Bonchev–Trinajstić information content (AvgIpc) is 2.20. The van der Waals surface area contributed by atoms with Crippen LogP contribution in [0.15, 0.2) is 27.6 Å². The number of rotatable bonds is 5. The zero-order chi connectivity index (χ0) is 11.3. The number of hydrogen-bond donors (Lipinski definition) is 1. The highest BCUT2D eigenvalue weighted by Gasteiger charge is 2.03. The van der Waals surface area contributed by atoms with Crippen molar-refractivity contribution in [3.8, 4) is 0 Å². The van der Waals surface area contributed by atoms with Gasteiger partial charge < -0.3 is 5.11 Å². The molecule has 1 aromatic carbocycles. The minimum absolute atomic E-state index is 0.232. The molecule has 1 N–H and O–H groups in total. The van der Waals surface area contributed by atoms with Crippen LogP contribution in [0.3, 0.4) is 0 Å². The van der Waals surface area contributed by atoms with Crippen LogP contribution < -0.4 is 0 Å². The summed E-state index contributed by atoms with van der Waals surface area (Å²) in [7, 11) is 0. The lowest BCUT2D eigenvalue weighted by Gasteiger charge is -2.05. The van der Waals surface area contributed by atoms with Crippen molar-refractivity contribution < 1.29 is 9.90 Å². The molecule has 82 valence electrons. The van der Waals surface area contributed by atoms with E-state index in [0.29, 0.717) is 6.42 Å². The zero-order valence-corrected chi connectivity index (χ0v) is 10.9. The number of benzene rings is 1. The van der Waals surface area contributed by atoms with E-state index in [2.05, 4.69) is 28.1 Å². The lowest BCUT2D eigenvalue weighted by molar-refractivity contribution is -0.137. The Morgan fingerprint density at radius 1 is 1.53 bits per heavy atom. The Bertz CT molecular complexity index is 352. The summed E-state index contributed by atoms with van der Waals surface area (Å²) < 4.78 is 1.06. The molecule has 1 aromatic rings. The Morgan fingerprint density at radius 2 is 2.27 bits per heavy atom. The summed E-state index contributed by atoms with van der Waals surface area (Å²) in [5.41, 5.74) is 1.18. The summed E-state index contributed by atoms with van der Waals surface area (Å²) in [6, 6.07) is 6.17. The highest BCUT2D eigenvalue weighted by Crippen LogP contribution is 2.24. The molecule has 1 rings (SSSR count). The standard InChI is InChI=1S/C11H13BrO2S/c1-15-9-5-6-10(12)8(7-9)3-2-4-11(13)14/h5-7H,2-4H2,1H3,(H,13,14). The summed E-state index contributed by atoms with van der Waals surface area (Å²) in [5, 5.41) is 8.55. The van der Waals surface area contributed by atoms with E-state index in [-0.39, 0.29) is 6.42 Å². The first kappa shape index (κ1) is 12.6. The van der Waals surface area contributed by atoms with Crippen LogP contribution in [-0.2, 0) is 11.2 Å². The van der Waals surface area contributed by atoms with Crippen molar-refractivity contribution in [1.29, 1.82) is 0 Å². The molecule has 0 aromatic heterocycles. The van der Waals surface area contributed by atoms with E-state index in [9.17, 15) is 4.79 Å². The Hall–Kier alpha value is -0.480. The maximum Gasteiger partial charge on any atom is 0.303 e. The molecule has 15 heavy (non-hydrogen) atoms. The van der Waals surface area contributed by atoms with Gasteiger partial charge in [-0.1, -0.05) is 15.9 Å². The number of carboxylic acid groups (broad SMARTS) is 1. The van der Waals surface area contributed by atoms with Crippen LogP contribution in [0.25, 0.3) is 0 Å². The predicted octanol–water partition coefficient (Wildman–Crippen LogP) is 3.58. The Balaban J connectivity index is 2.62. The Morgan fingerprint density at radius 3 is 2.87 bits per heavy atom. The summed E-state index contributed by atoms with van der Waals surface area (Å²) in [5.74, 6) is -0.729. The van der Waals surface area contributed by atoms with E-state index in [1.165, 1.54) is 10.5 Å². The first-order valence-electron chi connectivity index (χ1n) is 4.67. The van der Waals surface area contributed by atoms with Gasteiger partial charge in [0.1, 0.15) is 0 Å². The van der Waals surface area contributed by atoms with Crippen molar-refractivity contribution in [3.05, 3.63) is 28.2 Å². The Labute approximate surface area is 102 Å². The molecule has 0 atom stereocenters.